The van der Waals surface area contributed by atoms with Gasteiger partial charge in [-0.05, 0) is 43.9 Å². The van der Waals surface area contributed by atoms with Crippen molar-refractivity contribution in [3.8, 4) is 6.07 Å². The summed E-state index contributed by atoms with van der Waals surface area (Å²) in [7, 11) is 0. The van der Waals surface area contributed by atoms with Crippen LogP contribution in [0.2, 0.25) is 5.02 Å². The number of benzene rings is 1. The Bertz CT molecular complexity index is 430. The molecule has 1 aromatic carbocycles. The molecule has 0 aromatic heterocycles. The number of nitrogens with one attached hydrogen (secondary N) is 1. The zero-order valence-electron chi connectivity index (χ0n) is 9.39. The number of rotatable bonds is 3. The molecule has 0 atom stereocenters. The third-order valence-electron chi connectivity index (χ3n) is 3.34. The van der Waals surface area contributed by atoms with Gasteiger partial charge in [0.15, 0.2) is 0 Å². The second-order valence-electron chi connectivity index (χ2n) is 4.69. The monoisotopic (exact) mass is 234 g/mol. The molecule has 3 heteroatoms. The van der Waals surface area contributed by atoms with Crippen LogP contribution in [0.1, 0.15) is 37.3 Å². The average molecular weight is 235 g/mol. The highest BCUT2D eigenvalue weighted by Crippen LogP contribution is 2.31. The fraction of sp³-hybridized carbons (Fsp3) is 0.462. The van der Waals surface area contributed by atoms with E-state index in [1.807, 2.05) is 12.1 Å². The van der Waals surface area contributed by atoms with Crippen molar-refractivity contribution in [1.29, 1.82) is 5.26 Å². The van der Waals surface area contributed by atoms with Gasteiger partial charge < -0.3 is 5.32 Å². The van der Waals surface area contributed by atoms with Crippen molar-refractivity contribution in [2.24, 2.45) is 0 Å². The molecule has 1 saturated carbocycles. The maximum absolute atomic E-state index is 8.74. The molecule has 1 aliphatic rings. The summed E-state index contributed by atoms with van der Waals surface area (Å²) in [5.41, 5.74) is 1.97. The highest BCUT2D eigenvalue weighted by molar-refractivity contribution is 6.31. The van der Waals surface area contributed by atoms with Crippen molar-refractivity contribution in [1.82, 2.24) is 5.32 Å². The van der Waals surface area contributed by atoms with Crippen LogP contribution in [0.4, 0.5) is 0 Å². The van der Waals surface area contributed by atoms with Gasteiger partial charge in [0.25, 0.3) is 0 Å². The molecule has 2 rings (SSSR count). The van der Waals surface area contributed by atoms with Gasteiger partial charge in [-0.25, -0.2) is 0 Å². The molecule has 0 saturated heterocycles. The second-order valence-corrected chi connectivity index (χ2v) is 5.09. The van der Waals surface area contributed by atoms with E-state index in [1.54, 1.807) is 6.07 Å². The molecule has 1 fully saturated rings. The molecule has 0 unspecified atom stereocenters. The lowest BCUT2D eigenvalue weighted by Gasteiger charge is -2.39. The Labute approximate surface area is 101 Å². The van der Waals surface area contributed by atoms with Gasteiger partial charge in [0.2, 0.25) is 0 Å². The molecule has 0 heterocycles. The fourth-order valence-corrected chi connectivity index (χ4v) is 2.20. The summed E-state index contributed by atoms with van der Waals surface area (Å²) in [6.07, 6.45) is 3.78. The maximum atomic E-state index is 8.74. The topological polar surface area (TPSA) is 35.8 Å². The minimum Gasteiger partial charge on any atom is -0.307 e. The fourth-order valence-electron chi connectivity index (χ4n) is 1.95. The van der Waals surface area contributed by atoms with E-state index in [0.717, 1.165) is 12.1 Å². The standard InChI is InChI=1S/C13H15ClN2/c1-13(5-2-6-13)16-9-11-4-3-10(8-15)7-12(11)14/h3-4,7,16H,2,5-6,9H2,1H3. The van der Waals surface area contributed by atoms with Gasteiger partial charge in [-0.15, -0.1) is 0 Å². The Morgan fingerprint density at radius 1 is 1.50 bits per heavy atom. The van der Waals surface area contributed by atoms with E-state index >= 15 is 0 Å². The zero-order chi connectivity index (χ0) is 11.6. The third kappa shape index (κ3) is 2.37. The van der Waals surface area contributed by atoms with Crippen molar-refractivity contribution in [2.75, 3.05) is 0 Å². The minimum atomic E-state index is 0.289. The van der Waals surface area contributed by atoms with Crippen molar-refractivity contribution >= 4 is 11.6 Å². The predicted octanol–water partition coefficient (Wildman–Crippen LogP) is 3.24. The first-order chi connectivity index (χ1) is 7.63. The first-order valence-corrected chi connectivity index (χ1v) is 5.94. The maximum Gasteiger partial charge on any atom is 0.0992 e. The van der Waals surface area contributed by atoms with Crippen molar-refractivity contribution in [2.45, 2.75) is 38.3 Å². The molecule has 0 spiro atoms. The van der Waals surface area contributed by atoms with E-state index in [0.29, 0.717) is 10.6 Å². The Hall–Kier alpha value is -1.04. The van der Waals surface area contributed by atoms with Gasteiger partial charge >= 0.3 is 0 Å². The van der Waals surface area contributed by atoms with Crippen LogP contribution in [0, 0.1) is 11.3 Å². The van der Waals surface area contributed by atoms with Crippen LogP contribution in [0.15, 0.2) is 18.2 Å². The molecular formula is C13H15ClN2. The zero-order valence-corrected chi connectivity index (χ0v) is 10.1. The lowest BCUT2D eigenvalue weighted by molar-refractivity contribution is 0.207. The lowest BCUT2D eigenvalue weighted by atomic mass is 9.78. The number of hydrogen-bond donors (Lipinski definition) is 1. The van der Waals surface area contributed by atoms with Crippen LogP contribution in [-0.4, -0.2) is 5.54 Å². The van der Waals surface area contributed by atoms with E-state index < -0.39 is 0 Å². The van der Waals surface area contributed by atoms with Crippen molar-refractivity contribution < 1.29 is 0 Å². The van der Waals surface area contributed by atoms with Crippen LogP contribution in [-0.2, 0) is 6.54 Å². The molecule has 84 valence electrons. The van der Waals surface area contributed by atoms with Crippen molar-refractivity contribution in [3.05, 3.63) is 34.3 Å². The molecule has 0 aliphatic heterocycles. The Balaban J connectivity index is 2.02. The number of hydrogen-bond acceptors (Lipinski definition) is 2. The highest BCUT2D eigenvalue weighted by Gasteiger charge is 2.30. The summed E-state index contributed by atoms with van der Waals surface area (Å²) in [5, 5.41) is 12.9. The SMILES string of the molecule is CC1(NCc2ccc(C#N)cc2Cl)CCC1. The van der Waals surface area contributed by atoms with Crippen LogP contribution in [0.25, 0.3) is 0 Å². The van der Waals surface area contributed by atoms with Gasteiger partial charge in [0.05, 0.1) is 11.6 Å². The number of nitriles is 1. The number of nitrogens with zero attached hydrogens (tertiary/aromatic N) is 1. The van der Waals surface area contributed by atoms with Crippen LogP contribution in [0.3, 0.4) is 0 Å². The number of halogens is 1. The van der Waals surface area contributed by atoms with E-state index in [9.17, 15) is 0 Å². The van der Waals surface area contributed by atoms with Gasteiger partial charge in [-0.2, -0.15) is 5.26 Å². The normalized spacial score (nSPS) is 17.6. The molecule has 0 radical (unpaired) electrons. The van der Waals surface area contributed by atoms with Crippen molar-refractivity contribution in [3.63, 3.8) is 0 Å². The van der Waals surface area contributed by atoms with E-state index in [2.05, 4.69) is 18.3 Å². The molecular weight excluding hydrogens is 220 g/mol. The predicted molar refractivity (Wildman–Crippen MR) is 65.3 cm³/mol. The Morgan fingerprint density at radius 2 is 2.25 bits per heavy atom. The first kappa shape index (κ1) is 11.4. The summed E-state index contributed by atoms with van der Waals surface area (Å²) < 4.78 is 0. The molecule has 0 bridgehead atoms. The Kier molecular flexibility index (Phi) is 3.18. The molecule has 16 heavy (non-hydrogen) atoms. The van der Waals surface area contributed by atoms with Crippen LogP contribution < -0.4 is 5.32 Å². The van der Waals surface area contributed by atoms with Crippen LogP contribution in [0.5, 0.6) is 0 Å². The lowest BCUT2D eigenvalue weighted by Crippen LogP contribution is -2.47. The highest BCUT2D eigenvalue weighted by atomic mass is 35.5. The summed E-state index contributed by atoms with van der Waals surface area (Å²) in [6, 6.07) is 7.55. The van der Waals surface area contributed by atoms with Gasteiger partial charge in [-0.3, -0.25) is 0 Å². The first-order valence-electron chi connectivity index (χ1n) is 5.56. The van der Waals surface area contributed by atoms with E-state index in [1.165, 1.54) is 19.3 Å². The quantitative estimate of drug-likeness (QED) is 0.872. The Morgan fingerprint density at radius 3 is 2.75 bits per heavy atom. The molecule has 1 aliphatic carbocycles. The van der Waals surface area contributed by atoms with Gasteiger partial charge in [0.1, 0.15) is 0 Å². The van der Waals surface area contributed by atoms with E-state index in [-0.39, 0.29) is 5.54 Å². The third-order valence-corrected chi connectivity index (χ3v) is 3.70. The summed E-state index contributed by atoms with van der Waals surface area (Å²) in [6.45, 7) is 3.02. The molecule has 1 aromatic rings. The van der Waals surface area contributed by atoms with Crippen LogP contribution >= 0.6 is 11.6 Å². The summed E-state index contributed by atoms with van der Waals surface area (Å²) >= 11 is 6.11. The minimum absolute atomic E-state index is 0.289. The molecule has 2 nitrogen and oxygen atoms in total. The van der Waals surface area contributed by atoms with Gasteiger partial charge in [0, 0.05) is 17.1 Å². The molecule has 0 amide bonds. The summed E-state index contributed by atoms with van der Waals surface area (Å²) in [4.78, 5) is 0. The largest absolute Gasteiger partial charge is 0.307 e. The second kappa shape index (κ2) is 4.45. The summed E-state index contributed by atoms with van der Waals surface area (Å²) in [5.74, 6) is 0. The van der Waals surface area contributed by atoms with Gasteiger partial charge in [-0.1, -0.05) is 17.7 Å². The smallest absolute Gasteiger partial charge is 0.0992 e. The average Bonchev–Trinajstić information content (AvgIpc) is 2.25. The van der Waals surface area contributed by atoms with E-state index in [4.69, 9.17) is 16.9 Å². The molecule has 1 N–H and O–H groups in total.